The lowest BCUT2D eigenvalue weighted by Crippen LogP contribution is -2.34. The van der Waals surface area contributed by atoms with E-state index >= 15 is 0 Å². The summed E-state index contributed by atoms with van der Waals surface area (Å²) < 4.78 is 23.8. The normalized spacial score (nSPS) is 21.6. The number of sulfone groups is 1. The maximum atomic E-state index is 11.9. The Morgan fingerprint density at radius 3 is 2.94 bits per heavy atom. The van der Waals surface area contributed by atoms with Gasteiger partial charge < -0.3 is 5.32 Å². The molecule has 0 spiro atoms. The minimum Gasteiger partial charge on any atom is -0.380 e. The van der Waals surface area contributed by atoms with Crippen LogP contribution in [0.2, 0.25) is 0 Å². The smallest absolute Gasteiger partial charge is 0.182 e. The number of fused-ring (bicyclic) bond motifs is 1. The van der Waals surface area contributed by atoms with E-state index in [1.165, 1.54) is 0 Å². The lowest BCUT2D eigenvalue weighted by molar-refractivity contribution is 0.580. The van der Waals surface area contributed by atoms with Crippen LogP contribution in [-0.2, 0) is 9.84 Å². The average molecular weight is 236 g/mol. The SMILES string of the molecule is N#CCCC1CS(=O)(=O)c2ccccc2N1. The molecule has 16 heavy (non-hydrogen) atoms. The fourth-order valence-corrected chi connectivity index (χ4v) is 3.57. The first-order valence-corrected chi connectivity index (χ1v) is 6.74. The van der Waals surface area contributed by atoms with E-state index in [1.54, 1.807) is 24.3 Å². The van der Waals surface area contributed by atoms with E-state index in [2.05, 4.69) is 5.32 Å². The molecule has 0 amide bonds. The summed E-state index contributed by atoms with van der Waals surface area (Å²) in [6.45, 7) is 0. The number of rotatable bonds is 2. The third-order valence-electron chi connectivity index (χ3n) is 2.61. The van der Waals surface area contributed by atoms with Gasteiger partial charge in [-0.15, -0.1) is 0 Å². The maximum absolute atomic E-state index is 11.9. The van der Waals surface area contributed by atoms with Crippen LogP contribution in [0, 0.1) is 11.3 Å². The number of anilines is 1. The van der Waals surface area contributed by atoms with Crippen molar-refractivity contribution in [1.29, 1.82) is 5.26 Å². The zero-order valence-corrected chi connectivity index (χ0v) is 9.50. The van der Waals surface area contributed by atoms with Crippen molar-refractivity contribution in [3.8, 4) is 6.07 Å². The van der Waals surface area contributed by atoms with Crippen LogP contribution in [0.25, 0.3) is 0 Å². The number of nitrogens with zero attached hydrogens (tertiary/aromatic N) is 1. The first kappa shape index (κ1) is 11.0. The largest absolute Gasteiger partial charge is 0.380 e. The molecular weight excluding hydrogens is 224 g/mol. The summed E-state index contributed by atoms with van der Waals surface area (Å²) in [7, 11) is -3.19. The number of benzene rings is 1. The van der Waals surface area contributed by atoms with Crippen LogP contribution in [0.5, 0.6) is 0 Å². The summed E-state index contributed by atoms with van der Waals surface area (Å²) in [4.78, 5) is 0.364. The lowest BCUT2D eigenvalue weighted by Gasteiger charge is -2.26. The summed E-state index contributed by atoms with van der Waals surface area (Å²) in [5.74, 6) is 0.0751. The molecule has 1 aromatic rings. The molecule has 0 saturated carbocycles. The third-order valence-corrected chi connectivity index (χ3v) is 4.47. The second-order valence-electron chi connectivity index (χ2n) is 3.82. The van der Waals surface area contributed by atoms with E-state index in [9.17, 15) is 8.42 Å². The molecular formula is C11H12N2O2S. The predicted octanol–water partition coefficient (Wildman–Crippen LogP) is 1.56. The van der Waals surface area contributed by atoms with Gasteiger partial charge in [-0.25, -0.2) is 8.42 Å². The molecule has 0 radical (unpaired) electrons. The summed E-state index contributed by atoms with van der Waals surface area (Å²) >= 11 is 0. The molecule has 1 atom stereocenters. The number of hydrogen-bond acceptors (Lipinski definition) is 4. The Bertz CT molecular complexity index is 531. The Morgan fingerprint density at radius 1 is 1.44 bits per heavy atom. The van der Waals surface area contributed by atoms with Gasteiger partial charge in [-0.1, -0.05) is 12.1 Å². The van der Waals surface area contributed by atoms with Crippen LogP contribution < -0.4 is 5.32 Å². The molecule has 4 nitrogen and oxygen atoms in total. The highest BCUT2D eigenvalue weighted by molar-refractivity contribution is 7.91. The van der Waals surface area contributed by atoms with Crippen LogP contribution in [0.4, 0.5) is 5.69 Å². The molecule has 1 aliphatic rings. The van der Waals surface area contributed by atoms with Crippen molar-refractivity contribution in [2.75, 3.05) is 11.1 Å². The van der Waals surface area contributed by atoms with E-state index < -0.39 is 9.84 Å². The fraction of sp³-hybridized carbons (Fsp3) is 0.364. The van der Waals surface area contributed by atoms with E-state index in [1.807, 2.05) is 6.07 Å². The van der Waals surface area contributed by atoms with E-state index in [-0.39, 0.29) is 11.8 Å². The molecule has 1 aromatic carbocycles. The first-order chi connectivity index (χ1) is 7.63. The highest BCUT2D eigenvalue weighted by atomic mass is 32.2. The second-order valence-corrected chi connectivity index (χ2v) is 5.82. The Morgan fingerprint density at radius 2 is 2.19 bits per heavy atom. The summed E-state index contributed by atoms with van der Waals surface area (Å²) in [5, 5.41) is 11.7. The van der Waals surface area contributed by atoms with Crippen molar-refractivity contribution in [3.63, 3.8) is 0 Å². The van der Waals surface area contributed by atoms with Crippen molar-refractivity contribution in [2.24, 2.45) is 0 Å². The lowest BCUT2D eigenvalue weighted by atomic mass is 10.1. The van der Waals surface area contributed by atoms with Gasteiger partial charge >= 0.3 is 0 Å². The Hall–Kier alpha value is -1.54. The summed E-state index contributed by atoms with van der Waals surface area (Å²) in [6, 6.07) is 8.76. The molecule has 2 rings (SSSR count). The highest BCUT2D eigenvalue weighted by Gasteiger charge is 2.28. The Kier molecular flexibility index (Phi) is 2.84. The zero-order valence-electron chi connectivity index (χ0n) is 8.68. The van der Waals surface area contributed by atoms with Gasteiger partial charge in [-0.05, 0) is 18.6 Å². The number of para-hydroxylation sites is 1. The summed E-state index contributed by atoms with van der Waals surface area (Å²) in [6.07, 6.45) is 0.930. The molecule has 1 heterocycles. The fourth-order valence-electron chi connectivity index (χ4n) is 1.87. The van der Waals surface area contributed by atoms with Crippen molar-refractivity contribution in [2.45, 2.75) is 23.8 Å². The van der Waals surface area contributed by atoms with Gasteiger partial charge in [-0.2, -0.15) is 5.26 Å². The zero-order chi connectivity index (χ0) is 11.6. The van der Waals surface area contributed by atoms with E-state index in [0.29, 0.717) is 23.4 Å². The van der Waals surface area contributed by atoms with Crippen LogP contribution in [0.1, 0.15) is 12.8 Å². The molecule has 5 heteroatoms. The molecule has 1 unspecified atom stereocenters. The average Bonchev–Trinajstić information content (AvgIpc) is 2.25. The molecule has 0 aliphatic carbocycles. The quantitative estimate of drug-likeness (QED) is 0.846. The van der Waals surface area contributed by atoms with Crippen LogP contribution in [0.15, 0.2) is 29.2 Å². The number of hydrogen-bond donors (Lipinski definition) is 1. The minimum absolute atomic E-state index is 0.0751. The molecule has 0 aromatic heterocycles. The standard InChI is InChI=1S/C11H12N2O2S/c12-7-3-4-9-8-16(14,15)11-6-2-1-5-10(11)13-9/h1-2,5-6,9,13H,3-4,8H2. The predicted molar refractivity (Wildman–Crippen MR) is 60.8 cm³/mol. The molecule has 84 valence electrons. The van der Waals surface area contributed by atoms with Gasteiger partial charge in [0.05, 0.1) is 22.4 Å². The topological polar surface area (TPSA) is 70.0 Å². The van der Waals surface area contributed by atoms with Crippen molar-refractivity contribution in [1.82, 2.24) is 0 Å². The highest BCUT2D eigenvalue weighted by Crippen LogP contribution is 2.29. The maximum Gasteiger partial charge on any atom is 0.182 e. The van der Waals surface area contributed by atoms with Crippen molar-refractivity contribution >= 4 is 15.5 Å². The molecule has 0 fully saturated rings. The van der Waals surface area contributed by atoms with Crippen molar-refractivity contribution < 1.29 is 8.42 Å². The van der Waals surface area contributed by atoms with Crippen LogP contribution in [-0.4, -0.2) is 20.2 Å². The Labute approximate surface area is 94.8 Å². The van der Waals surface area contributed by atoms with E-state index in [4.69, 9.17) is 5.26 Å². The second kappa shape index (κ2) is 4.14. The van der Waals surface area contributed by atoms with Crippen LogP contribution >= 0.6 is 0 Å². The minimum atomic E-state index is -3.19. The van der Waals surface area contributed by atoms with Gasteiger partial charge in [-0.3, -0.25) is 0 Å². The van der Waals surface area contributed by atoms with Crippen molar-refractivity contribution in [3.05, 3.63) is 24.3 Å². The van der Waals surface area contributed by atoms with E-state index in [0.717, 1.165) is 0 Å². The number of nitrogens with one attached hydrogen (secondary N) is 1. The Balaban J connectivity index is 2.31. The molecule has 1 aliphatic heterocycles. The molecule has 0 bridgehead atoms. The number of nitriles is 1. The molecule has 1 N–H and O–H groups in total. The van der Waals surface area contributed by atoms with Crippen LogP contribution in [0.3, 0.4) is 0 Å². The van der Waals surface area contributed by atoms with Gasteiger partial charge in [0.2, 0.25) is 0 Å². The molecule has 0 saturated heterocycles. The monoisotopic (exact) mass is 236 g/mol. The van der Waals surface area contributed by atoms with Gasteiger partial charge in [0, 0.05) is 12.5 Å². The van der Waals surface area contributed by atoms with Gasteiger partial charge in [0.15, 0.2) is 9.84 Å². The summed E-state index contributed by atoms with van der Waals surface area (Å²) in [5.41, 5.74) is 0.650. The third kappa shape index (κ3) is 2.02. The van der Waals surface area contributed by atoms with Gasteiger partial charge in [0.25, 0.3) is 0 Å². The first-order valence-electron chi connectivity index (χ1n) is 5.09. The van der Waals surface area contributed by atoms with Gasteiger partial charge in [0.1, 0.15) is 0 Å².